The molecule has 2 rings (SSSR count). The summed E-state index contributed by atoms with van der Waals surface area (Å²) in [4.78, 5) is 14.2. The fourth-order valence-electron chi connectivity index (χ4n) is 2.57. The molecule has 1 heterocycles. The Balaban J connectivity index is 1.87. The summed E-state index contributed by atoms with van der Waals surface area (Å²) in [6.07, 6.45) is 2.41. The number of hydrogen-bond acceptors (Lipinski definition) is 3. The minimum absolute atomic E-state index is 0.119. The van der Waals surface area contributed by atoms with Crippen LogP contribution in [0.3, 0.4) is 0 Å². The van der Waals surface area contributed by atoms with Crippen LogP contribution in [0.5, 0.6) is 0 Å². The Morgan fingerprint density at radius 2 is 1.91 bits per heavy atom. The largest absolute Gasteiger partial charge is 0.354 e. The normalized spacial score (nSPS) is 12.3. The van der Waals surface area contributed by atoms with Crippen LogP contribution in [-0.2, 0) is 17.6 Å². The van der Waals surface area contributed by atoms with Gasteiger partial charge in [-0.1, -0.05) is 31.2 Å². The molecule has 0 saturated carbocycles. The predicted octanol–water partition coefficient (Wildman–Crippen LogP) is 3.66. The van der Waals surface area contributed by atoms with E-state index in [0.717, 1.165) is 12.8 Å². The Kier molecular flexibility index (Phi) is 6.81. The van der Waals surface area contributed by atoms with E-state index in [2.05, 4.69) is 72.3 Å². The third-order valence-electron chi connectivity index (χ3n) is 4.11. The number of likely N-dealkylation sites (N-methyl/N-ethyl adjacent to an activating group) is 1. The molecule has 0 aliphatic carbocycles. The van der Waals surface area contributed by atoms with Crippen LogP contribution in [0.4, 0.5) is 0 Å². The van der Waals surface area contributed by atoms with E-state index < -0.39 is 0 Å². The molecule has 0 bridgehead atoms. The van der Waals surface area contributed by atoms with E-state index in [1.54, 1.807) is 11.3 Å². The monoisotopic (exact) mass is 330 g/mol. The van der Waals surface area contributed by atoms with Crippen LogP contribution in [0, 0.1) is 0 Å². The van der Waals surface area contributed by atoms with E-state index >= 15 is 0 Å². The highest BCUT2D eigenvalue weighted by Gasteiger charge is 2.15. The van der Waals surface area contributed by atoms with Gasteiger partial charge in [-0.25, -0.2) is 0 Å². The van der Waals surface area contributed by atoms with Crippen LogP contribution >= 0.6 is 11.3 Å². The highest BCUT2D eigenvalue weighted by molar-refractivity contribution is 7.07. The zero-order chi connectivity index (χ0) is 16.7. The zero-order valence-corrected chi connectivity index (χ0v) is 15.0. The molecule has 1 N–H and O–H groups in total. The Labute approximate surface area is 143 Å². The summed E-state index contributed by atoms with van der Waals surface area (Å²) >= 11 is 1.68. The molecule has 1 atom stereocenters. The minimum Gasteiger partial charge on any atom is -0.354 e. The van der Waals surface area contributed by atoms with Gasteiger partial charge in [0.2, 0.25) is 5.91 Å². The van der Waals surface area contributed by atoms with Crippen molar-refractivity contribution in [1.29, 1.82) is 0 Å². The van der Waals surface area contributed by atoms with Crippen molar-refractivity contribution in [3.63, 3.8) is 0 Å². The lowest BCUT2D eigenvalue weighted by Crippen LogP contribution is -2.34. The number of aryl methyl sites for hydroxylation is 2. The number of nitrogens with zero attached hydrogens (tertiary/aromatic N) is 1. The average Bonchev–Trinajstić information content (AvgIpc) is 3.07. The molecule has 1 aromatic carbocycles. The lowest BCUT2D eigenvalue weighted by molar-refractivity contribution is -0.121. The van der Waals surface area contributed by atoms with Gasteiger partial charge in [0.05, 0.1) is 6.04 Å². The van der Waals surface area contributed by atoms with Crippen LogP contribution < -0.4 is 5.32 Å². The third kappa shape index (κ3) is 5.48. The lowest BCUT2D eigenvalue weighted by Gasteiger charge is -2.25. The summed E-state index contributed by atoms with van der Waals surface area (Å²) in [6.45, 7) is 2.80. The van der Waals surface area contributed by atoms with Crippen molar-refractivity contribution >= 4 is 17.2 Å². The molecule has 3 nitrogen and oxygen atoms in total. The van der Waals surface area contributed by atoms with Crippen molar-refractivity contribution in [2.24, 2.45) is 0 Å². The third-order valence-corrected chi connectivity index (χ3v) is 4.84. The Morgan fingerprint density at radius 3 is 2.48 bits per heavy atom. The standard InChI is InChI=1S/C19H26N2OS/c1-4-15-5-8-17(9-6-15)18(21(2)3)13-20-19(22)10-7-16-11-12-23-14-16/h5-6,8-9,11-12,14,18H,4,7,10,13H2,1-3H3,(H,20,22). The van der Waals surface area contributed by atoms with Gasteiger partial charge in [0.1, 0.15) is 0 Å². The van der Waals surface area contributed by atoms with Crippen molar-refractivity contribution in [1.82, 2.24) is 10.2 Å². The summed E-state index contributed by atoms with van der Waals surface area (Å²) in [6, 6.07) is 11.0. The van der Waals surface area contributed by atoms with E-state index in [1.165, 1.54) is 16.7 Å². The number of carbonyl (C=O) groups excluding carboxylic acids is 1. The summed E-state index contributed by atoms with van der Waals surface area (Å²) in [5, 5.41) is 7.23. The molecule has 1 unspecified atom stereocenters. The molecular weight excluding hydrogens is 304 g/mol. The second-order valence-electron chi connectivity index (χ2n) is 6.01. The first kappa shape index (κ1) is 17.7. The van der Waals surface area contributed by atoms with Crippen LogP contribution in [-0.4, -0.2) is 31.4 Å². The fraction of sp³-hybridized carbons (Fsp3) is 0.421. The number of rotatable bonds is 8. The van der Waals surface area contributed by atoms with Crippen LogP contribution in [0.1, 0.15) is 36.1 Å². The van der Waals surface area contributed by atoms with Gasteiger partial charge >= 0.3 is 0 Å². The van der Waals surface area contributed by atoms with Crippen molar-refractivity contribution in [2.45, 2.75) is 32.2 Å². The molecule has 0 saturated heterocycles. The van der Waals surface area contributed by atoms with Crippen LogP contribution in [0.15, 0.2) is 41.1 Å². The minimum atomic E-state index is 0.119. The van der Waals surface area contributed by atoms with Crippen molar-refractivity contribution in [3.05, 3.63) is 57.8 Å². The Morgan fingerprint density at radius 1 is 1.17 bits per heavy atom. The van der Waals surface area contributed by atoms with Gasteiger partial charge in [-0.05, 0) is 60.5 Å². The molecule has 124 valence electrons. The van der Waals surface area contributed by atoms with E-state index in [-0.39, 0.29) is 11.9 Å². The van der Waals surface area contributed by atoms with Crippen LogP contribution in [0.25, 0.3) is 0 Å². The van der Waals surface area contributed by atoms with Gasteiger partial charge < -0.3 is 10.2 Å². The molecule has 4 heteroatoms. The van der Waals surface area contributed by atoms with E-state index in [9.17, 15) is 4.79 Å². The predicted molar refractivity (Wildman–Crippen MR) is 97.9 cm³/mol. The van der Waals surface area contributed by atoms with Crippen molar-refractivity contribution < 1.29 is 4.79 Å². The molecule has 1 amide bonds. The Hall–Kier alpha value is -1.65. The van der Waals surface area contributed by atoms with Gasteiger partial charge in [0.15, 0.2) is 0 Å². The summed E-state index contributed by atoms with van der Waals surface area (Å²) in [5.74, 6) is 0.119. The number of benzene rings is 1. The van der Waals surface area contributed by atoms with Gasteiger partial charge in [-0.15, -0.1) is 0 Å². The molecule has 0 aliphatic rings. The molecule has 0 radical (unpaired) electrons. The van der Waals surface area contributed by atoms with E-state index in [4.69, 9.17) is 0 Å². The number of carbonyl (C=O) groups is 1. The van der Waals surface area contributed by atoms with Gasteiger partial charge in [0.25, 0.3) is 0 Å². The number of amides is 1. The molecule has 0 spiro atoms. The number of nitrogens with one attached hydrogen (secondary N) is 1. The molecule has 23 heavy (non-hydrogen) atoms. The van der Waals surface area contributed by atoms with Crippen molar-refractivity contribution in [3.8, 4) is 0 Å². The topological polar surface area (TPSA) is 32.3 Å². The van der Waals surface area contributed by atoms with Gasteiger partial charge in [-0.2, -0.15) is 11.3 Å². The molecular formula is C19H26N2OS. The average molecular weight is 330 g/mol. The lowest BCUT2D eigenvalue weighted by atomic mass is 10.0. The zero-order valence-electron chi connectivity index (χ0n) is 14.2. The first-order valence-corrected chi connectivity index (χ1v) is 9.07. The van der Waals surface area contributed by atoms with Crippen molar-refractivity contribution in [2.75, 3.05) is 20.6 Å². The second-order valence-corrected chi connectivity index (χ2v) is 6.79. The Bertz CT molecular complexity index is 590. The highest BCUT2D eigenvalue weighted by Crippen LogP contribution is 2.18. The maximum atomic E-state index is 12.1. The van der Waals surface area contributed by atoms with Gasteiger partial charge in [-0.3, -0.25) is 4.79 Å². The van der Waals surface area contributed by atoms with Gasteiger partial charge in [0, 0.05) is 13.0 Å². The first-order chi connectivity index (χ1) is 11.1. The fourth-order valence-corrected chi connectivity index (χ4v) is 3.27. The van der Waals surface area contributed by atoms with Crippen LogP contribution in [0.2, 0.25) is 0 Å². The summed E-state index contributed by atoms with van der Waals surface area (Å²) in [5.41, 5.74) is 3.82. The summed E-state index contributed by atoms with van der Waals surface area (Å²) in [7, 11) is 4.10. The first-order valence-electron chi connectivity index (χ1n) is 8.13. The molecule has 1 aromatic heterocycles. The quantitative estimate of drug-likeness (QED) is 0.801. The maximum absolute atomic E-state index is 12.1. The molecule has 0 aliphatic heterocycles. The maximum Gasteiger partial charge on any atom is 0.220 e. The van der Waals surface area contributed by atoms with E-state index in [1.807, 2.05) is 0 Å². The molecule has 2 aromatic rings. The number of hydrogen-bond donors (Lipinski definition) is 1. The summed E-state index contributed by atoms with van der Waals surface area (Å²) < 4.78 is 0. The second kappa shape index (κ2) is 8.85. The van der Waals surface area contributed by atoms with E-state index in [0.29, 0.717) is 13.0 Å². The SMILES string of the molecule is CCc1ccc(C(CNC(=O)CCc2ccsc2)N(C)C)cc1. The number of thiophene rings is 1. The highest BCUT2D eigenvalue weighted by atomic mass is 32.1. The smallest absolute Gasteiger partial charge is 0.220 e. The molecule has 0 fully saturated rings.